The highest BCUT2D eigenvalue weighted by atomic mass is 16.1. The van der Waals surface area contributed by atoms with Crippen LogP contribution in [0.5, 0.6) is 0 Å². The summed E-state index contributed by atoms with van der Waals surface area (Å²) in [5.41, 5.74) is 6.71. The number of aromatic amines is 1. The molecule has 4 rings (SSSR count). The summed E-state index contributed by atoms with van der Waals surface area (Å²) in [4.78, 5) is 12.9. The van der Waals surface area contributed by atoms with Crippen molar-refractivity contribution in [3.8, 4) is 28.1 Å². The van der Waals surface area contributed by atoms with Crippen LogP contribution in [0.2, 0.25) is 0 Å². The van der Waals surface area contributed by atoms with Crippen LogP contribution in [0.1, 0.15) is 11.1 Å². The lowest BCUT2D eigenvalue weighted by Crippen LogP contribution is -2.05. The predicted octanol–water partition coefficient (Wildman–Crippen LogP) is 5.12. The third kappa shape index (κ3) is 2.78. The van der Waals surface area contributed by atoms with Crippen LogP contribution in [0.15, 0.2) is 83.7 Å². The lowest BCUT2D eigenvalue weighted by atomic mass is 9.98. The smallest absolute Gasteiger partial charge is 0.267 e. The molecular formula is C23H20N2O. The van der Waals surface area contributed by atoms with E-state index >= 15 is 0 Å². The van der Waals surface area contributed by atoms with Crippen molar-refractivity contribution in [2.24, 2.45) is 0 Å². The van der Waals surface area contributed by atoms with Gasteiger partial charge in [-0.1, -0.05) is 72.3 Å². The van der Waals surface area contributed by atoms with Gasteiger partial charge < -0.3 is 0 Å². The Hall–Kier alpha value is -3.33. The SMILES string of the molecule is Cc1ccc(-n2[nH]c(=O)c(-c3ccccc3)c2-c2ccccc2C)cc1. The van der Waals surface area contributed by atoms with E-state index in [0.29, 0.717) is 5.56 Å². The van der Waals surface area contributed by atoms with Gasteiger partial charge in [-0.05, 0) is 37.1 Å². The number of hydrogen-bond donors (Lipinski definition) is 1. The van der Waals surface area contributed by atoms with Crippen LogP contribution >= 0.6 is 0 Å². The minimum absolute atomic E-state index is 0.0879. The molecule has 0 unspecified atom stereocenters. The minimum Gasteiger partial charge on any atom is -0.267 e. The monoisotopic (exact) mass is 340 g/mol. The van der Waals surface area contributed by atoms with Gasteiger partial charge in [0.1, 0.15) is 0 Å². The number of nitrogens with zero attached hydrogens (tertiary/aromatic N) is 1. The molecule has 0 saturated carbocycles. The lowest BCUT2D eigenvalue weighted by Gasteiger charge is -2.13. The molecule has 3 heteroatoms. The van der Waals surface area contributed by atoms with Crippen LogP contribution in [0.3, 0.4) is 0 Å². The molecule has 0 bridgehead atoms. The highest BCUT2D eigenvalue weighted by Gasteiger charge is 2.20. The summed E-state index contributed by atoms with van der Waals surface area (Å²) in [5, 5.41) is 3.03. The zero-order valence-electron chi connectivity index (χ0n) is 14.9. The van der Waals surface area contributed by atoms with Crippen molar-refractivity contribution in [2.75, 3.05) is 0 Å². The molecule has 3 nitrogen and oxygen atoms in total. The van der Waals surface area contributed by atoms with Crippen molar-refractivity contribution in [2.45, 2.75) is 13.8 Å². The van der Waals surface area contributed by atoms with Gasteiger partial charge in [0.05, 0.1) is 16.9 Å². The Morgan fingerprint density at radius 1 is 0.769 bits per heavy atom. The summed E-state index contributed by atoms with van der Waals surface area (Å²) in [5.74, 6) is 0. The van der Waals surface area contributed by atoms with Crippen LogP contribution in [-0.2, 0) is 0 Å². The van der Waals surface area contributed by atoms with Crippen molar-refractivity contribution >= 4 is 0 Å². The molecule has 0 amide bonds. The average molecular weight is 340 g/mol. The Morgan fingerprint density at radius 2 is 1.42 bits per heavy atom. The van der Waals surface area contributed by atoms with Gasteiger partial charge in [-0.2, -0.15) is 0 Å². The Balaban J connectivity index is 2.06. The Labute approximate surface area is 152 Å². The fraction of sp³-hybridized carbons (Fsp3) is 0.0870. The summed E-state index contributed by atoms with van der Waals surface area (Å²) in [6.07, 6.45) is 0. The van der Waals surface area contributed by atoms with Gasteiger partial charge in [0, 0.05) is 5.56 Å². The van der Waals surface area contributed by atoms with Crippen molar-refractivity contribution < 1.29 is 0 Å². The first-order chi connectivity index (χ1) is 12.6. The normalized spacial score (nSPS) is 10.8. The van der Waals surface area contributed by atoms with Gasteiger partial charge >= 0.3 is 0 Å². The number of aryl methyl sites for hydroxylation is 2. The second-order valence-corrected chi connectivity index (χ2v) is 6.52. The van der Waals surface area contributed by atoms with Crippen LogP contribution in [0.25, 0.3) is 28.1 Å². The molecule has 0 fully saturated rings. The molecule has 0 aliphatic carbocycles. The summed E-state index contributed by atoms with van der Waals surface area (Å²) in [6.45, 7) is 4.13. The third-order valence-corrected chi connectivity index (χ3v) is 4.66. The maximum Gasteiger partial charge on any atom is 0.272 e. The number of hydrogen-bond acceptors (Lipinski definition) is 1. The molecule has 0 atom stereocenters. The van der Waals surface area contributed by atoms with Gasteiger partial charge in [0.15, 0.2) is 0 Å². The summed E-state index contributed by atoms with van der Waals surface area (Å²) in [7, 11) is 0. The molecular weight excluding hydrogens is 320 g/mol. The summed E-state index contributed by atoms with van der Waals surface area (Å²) in [6, 6.07) is 26.2. The highest BCUT2D eigenvalue weighted by Crippen LogP contribution is 2.33. The van der Waals surface area contributed by atoms with Gasteiger partial charge in [-0.15, -0.1) is 0 Å². The molecule has 3 aromatic carbocycles. The Morgan fingerprint density at radius 3 is 2.12 bits per heavy atom. The first-order valence-electron chi connectivity index (χ1n) is 8.68. The number of H-pyrrole nitrogens is 1. The quantitative estimate of drug-likeness (QED) is 0.552. The Kier molecular flexibility index (Phi) is 4.05. The van der Waals surface area contributed by atoms with Gasteiger partial charge in [0.25, 0.3) is 5.56 Å². The molecule has 0 spiro atoms. The topological polar surface area (TPSA) is 37.8 Å². The van der Waals surface area contributed by atoms with Crippen LogP contribution < -0.4 is 5.56 Å². The van der Waals surface area contributed by atoms with Crippen molar-refractivity contribution in [3.63, 3.8) is 0 Å². The predicted molar refractivity (Wildman–Crippen MR) is 107 cm³/mol. The van der Waals surface area contributed by atoms with E-state index in [0.717, 1.165) is 28.1 Å². The van der Waals surface area contributed by atoms with E-state index in [1.54, 1.807) is 0 Å². The number of aromatic nitrogens is 2. The first kappa shape index (κ1) is 16.2. The first-order valence-corrected chi connectivity index (χ1v) is 8.68. The maximum absolute atomic E-state index is 12.9. The van der Waals surface area contributed by atoms with E-state index in [2.05, 4.69) is 43.2 Å². The summed E-state index contributed by atoms with van der Waals surface area (Å²) >= 11 is 0. The molecule has 4 aromatic rings. The lowest BCUT2D eigenvalue weighted by molar-refractivity contribution is 0.870. The van der Waals surface area contributed by atoms with Crippen LogP contribution in [0.4, 0.5) is 0 Å². The second-order valence-electron chi connectivity index (χ2n) is 6.52. The minimum atomic E-state index is -0.0879. The maximum atomic E-state index is 12.9. The molecule has 0 aliphatic rings. The highest BCUT2D eigenvalue weighted by molar-refractivity contribution is 5.83. The number of nitrogens with one attached hydrogen (secondary N) is 1. The van der Waals surface area contributed by atoms with E-state index in [1.165, 1.54) is 5.56 Å². The zero-order chi connectivity index (χ0) is 18.1. The van der Waals surface area contributed by atoms with E-state index < -0.39 is 0 Å². The molecule has 128 valence electrons. The van der Waals surface area contributed by atoms with Crippen LogP contribution in [0, 0.1) is 13.8 Å². The average Bonchev–Trinajstić information content (AvgIpc) is 3.00. The van der Waals surface area contributed by atoms with Gasteiger partial charge in [-0.25, -0.2) is 0 Å². The van der Waals surface area contributed by atoms with E-state index in [9.17, 15) is 4.79 Å². The molecule has 0 radical (unpaired) electrons. The van der Waals surface area contributed by atoms with Gasteiger partial charge in [0.2, 0.25) is 0 Å². The second kappa shape index (κ2) is 6.52. The Bertz CT molecular complexity index is 1100. The van der Waals surface area contributed by atoms with Crippen LogP contribution in [-0.4, -0.2) is 9.78 Å². The molecule has 1 N–H and O–H groups in total. The molecule has 26 heavy (non-hydrogen) atoms. The fourth-order valence-corrected chi connectivity index (χ4v) is 3.29. The standard InChI is InChI=1S/C23H20N2O/c1-16-12-14-19(15-13-16)25-22(20-11-7-6-8-17(20)2)21(23(26)24-25)18-9-4-3-5-10-18/h3-15H,1-2H3,(H,24,26). The van der Waals surface area contributed by atoms with Gasteiger partial charge in [-0.3, -0.25) is 14.6 Å². The third-order valence-electron chi connectivity index (χ3n) is 4.66. The molecule has 1 heterocycles. The summed E-state index contributed by atoms with van der Waals surface area (Å²) < 4.78 is 1.90. The van der Waals surface area contributed by atoms with Crippen molar-refractivity contribution in [1.29, 1.82) is 0 Å². The van der Waals surface area contributed by atoms with Crippen molar-refractivity contribution in [3.05, 3.63) is 100 Å². The largest absolute Gasteiger partial charge is 0.272 e. The van der Waals surface area contributed by atoms with E-state index in [4.69, 9.17) is 0 Å². The van der Waals surface area contributed by atoms with Crippen molar-refractivity contribution in [1.82, 2.24) is 9.78 Å². The molecule has 0 aliphatic heterocycles. The zero-order valence-corrected chi connectivity index (χ0v) is 14.9. The molecule has 1 aromatic heterocycles. The number of benzene rings is 3. The van der Waals surface area contributed by atoms with E-state index in [-0.39, 0.29) is 5.56 Å². The number of rotatable bonds is 3. The molecule has 0 saturated heterocycles. The van der Waals surface area contributed by atoms with E-state index in [1.807, 2.05) is 59.3 Å². The fourth-order valence-electron chi connectivity index (χ4n) is 3.29.